The first-order valence-electron chi connectivity index (χ1n) is 18.7. The van der Waals surface area contributed by atoms with Gasteiger partial charge in [-0.3, -0.25) is 9.59 Å². The van der Waals surface area contributed by atoms with Gasteiger partial charge in [0.1, 0.15) is 5.54 Å². The van der Waals surface area contributed by atoms with Crippen LogP contribution in [0.3, 0.4) is 0 Å². The number of aryl methyl sites for hydroxylation is 1. The SMILES string of the molecule is Cc1ccc(C(=O)C2=C[C@@]34C=C[C@@]25[C@@H]2CC[C@@](O)(CN6CCC7(CC6)C(=O)NCN7c6ccccc6)[C@@]2(C)CC[C@@H]5[C@@]3(C)CCC(O)C4)s1. The maximum Gasteiger partial charge on any atom is 0.247 e. The third-order valence-corrected chi connectivity index (χ3v) is 16.5. The minimum atomic E-state index is -0.893. The van der Waals surface area contributed by atoms with Gasteiger partial charge >= 0.3 is 0 Å². The molecule has 260 valence electrons. The molecule has 5 fully saturated rings. The van der Waals surface area contributed by atoms with Gasteiger partial charge in [-0.25, -0.2) is 0 Å². The first kappa shape index (κ1) is 32.1. The molecule has 1 unspecified atom stereocenters. The van der Waals surface area contributed by atoms with E-state index in [9.17, 15) is 19.8 Å². The van der Waals surface area contributed by atoms with E-state index in [-0.39, 0.29) is 40.0 Å². The van der Waals surface area contributed by atoms with Crippen LogP contribution in [0.4, 0.5) is 5.69 Å². The van der Waals surface area contributed by atoms with Crippen LogP contribution in [0.2, 0.25) is 0 Å². The van der Waals surface area contributed by atoms with Gasteiger partial charge in [-0.15, -0.1) is 11.3 Å². The smallest absolute Gasteiger partial charge is 0.247 e. The Morgan fingerprint density at radius 2 is 1.65 bits per heavy atom. The standard InChI is InChI=1S/C41H51N3O4S/c1-27-9-10-31(49-27)34(46)30-24-38-17-18-41(30)32(36(38,2)14-11-29(45)23-38)12-15-37(3)33(41)13-16-40(37,48)25-43-21-19-39(20-22-43)35(47)42-26-44(39)28-7-5-4-6-8-28/h4-10,17-18,24,29,32-33,45,48H,11-16,19-23,25-26H2,1-3H3,(H,42,47)/t29?,32-,33-,36-,37+,38+,40-,41-/m1/s1. The zero-order chi connectivity index (χ0) is 34.0. The van der Waals surface area contributed by atoms with Gasteiger partial charge < -0.3 is 25.3 Å². The van der Waals surface area contributed by atoms with Gasteiger partial charge in [-0.2, -0.15) is 0 Å². The Bertz CT molecular complexity index is 1760. The molecular formula is C41H51N3O4S. The van der Waals surface area contributed by atoms with Crippen molar-refractivity contribution < 1.29 is 19.8 Å². The van der Waals surface area contributed by atoms with E-state index >= 15 is 0 Å². The van der Waals surface area contributed by atoms with E-state index in [0.717, 1.165) is 85.5 Å². The number of ketones is 1. The van der Waals surface area contributed by atoms with Crippen LogP contribution in [0.1, 0.15) is 86.2 Å². The number of para-hydroxylation sites is 1. The fourth-order valence-electron chi connectivity index (χ4n) is 12.8. The number of Topliss-reactive ketones (excluding diaryl/α,β-unsaturated/α-hetero) is 1. The number of β-amino-alcohol motifs (C(OH)–C–C–N with tert-alkyl or cyclic N) is 1. The third kappa shape index (κ3) is 4.12. The summed E-state index contributed by atoms with van der Waals surface area (Å²) in [6, 6.07) is 14.3. The Hall–Kier alpha value is -2.78. The summed E-state index contributed by atoms with van der Waals surface area (Å²) in [5.74, 6) is 0.699. The molecule has 1 aromatic carbocycles. The lowest BCUT2D eigenvalue weighted by molar-refractivity contribution is -0.177. The van der Waals surface area contributed by atoms with Crippen LogP contribution < -0.4 is 10.2 Å². The van der Waals surface area contributed by atoms with Crippen molar-refractivity contribution in [2.45, 2.75) is 95.8 Å². The van der Waals surface area contributed by atoms with Gasteiger partial charge in [0.2, 0.25) is 5.91 Å². The number of rotatable bonds is 5. The molecule has 2 aromatic rings. The highest BCUT2D eigenvalue weighted by atomic mass is 32.1. The number of nitrogens with zero attached hydrogens (tertiary/aromatic N) is 2. The van der Waals surface area contributed by atoms with Crippen LogP contribution in [0.15, 0.2) is 66.3 Å². The van der Waals surface area contributed by atoms with Gasteiger partial charge in [0, 0.05) is 52.0 Å². The van der Waals surface area contributed by atoms with Crippen molar-refractivity contribution in [2.75, 3.05) is 31.2 Å². The topological polar surface area (TPSA) is 93.1 Å². The lowest BCUT2D eigenvalue weighted by Gasteiger charge is -2.71. The molecule has 6 aliphatic carbocycles. The summed E-state index contributed by atoms with van der Waals surface area (Å²) in [5.41, 5.74) is -0.593. The van der Waals surface area contributed by atoms with Crippen molar-refractivity contribution in [1.29, 1.82) is 0 Å². The summed E-state index contributed by atoms with van der Waals surface area (Å²) < 4.78 is 0. The number of hydrogen-bond acceptors (Lipinski definition) is 7. The van der Waals surface area contributed by atoms with Crippen LogP contribution in [0.5, 0.6) is 0 Å². The maximum absolute atomic E-state index is 14.7. The van der Waals surface area contributed by atoms with E-state index in [1.54, 1.807) is 11.3 Å². The molecule has 3 heterocycles. The second-order valence-corrected chi connectivity index (χ2v) is 18.6. The molecule has 8 heteroatoms. The molecule has 2 saturated heterocycles. The molecule has 8 atom stereocenters. The van der Waals surface area contributed by atoms with Crippen LogP contribution in [-0.2, 0) is 4.79 Å². The lowest BCUT2D eigenvalue weighted by Crippen LogP contribution is -2.67. The highest BCUT2D eigenvalue weighted by Gasteiger charge is 2.74. The van der Waals surface area contributed by atoms with Gasteiger partial charge in [-0.1, -0.05) is 50.3 Å². The van der Waals surface area contributed by atoms with Gasteiger partial charge in [-0.05, 0) is 106 Å². The zero-order valence-electron chi connectivity index (χ0n) is 29.2. The summed E-state index contributed by atoms with van der Waals surface area (Å²) in [5, 5.41) is 27.0. The number of amides is 1. The van der Waals surface area contributed by atoms with Crippen molar-refractivity contribution >= 4 is 28.7 Å². The molecule has 1 aromatic heterocycles. The second-order valence-electron chi connectivity index (χ2n) is 17.3. The number of hydrogen-bond donors (Lipinski definition) is 3. The Kier molecular flexibility index (Phi) is 6.97. The Balaban J connectivity index is 1.03. The Labute approximate surface area is 294 Å². The van der Waals surface area contributed by atoms with Gasteiger partial charge in [0.25, 0.3) is 0 Å². The predicted molar refractivity (Wildman–Crippen MR) is 192 cm³/mol. The first-order chi connectivity index (χ1) is 23.4. The van der Waals surface area contributed by atoms with Crippen LogP contribution in [0, 0.1) is 40.4 Å². The summed E-state index contributed by atoms with van der Waals surface area (Å²) >= 11 is 1.58. The summed E-state index contributed by atoms with van der Waals surface area (Å²) in [6.45, 7) is 9.49. The van der Waals surface area contributed by atoms with Crippen molar-refractivity contribution in [3.63, 3.8) is 0 Å². The average Bonchev–Trinajstić information content (AvgIpc) is 3.75. The molecule has 0 radical (unpaired) electrons. The molecular weight excluding hydrogens is 631 g/mol. The number of likely N-dealkylation sites (tertiary alicyclic amines) is 1. The fourth-order valence-corrected chi connectivity index (χ4v) is 13.6. The summed E-state index contributed by atoms with van der Waals surface area (Å²) in [6.07, 6.45) is 14.2. The number of fused-ring (bicyclic) bond motifs is 1. The second kappa shape index (κ2) is 10.6. The number of aliphatic hydroxyl groups is 2. The number of nitrogens with one attached hydrogen (secondary N) is 1. The fraction of sp³-hybridized carbons (Fsp3) is 0.610. The average molecular weight is 682 g/mol. The highest BCUT2D eigenvalue weighted by Crippen LogP contribution is 2.78. The van der Waals surface area contributed by atoms with Crippen molar-refractivity contribution in [3.05, 3.63) is 76.0 Å². The van der Waals surface area contributed by atoms with Crippen molar-refractivity contribution in [1.82, 2.24) is 10.2 Å². The van der Waals surface area contributed by atoms with Crippen molar-refractivity contribution in [2.24, 2.45) is 33.5 Å². The normalized spacial score (nSPS) is 42.1. The van der Waals surface area contributed by atoms with E-state index in [4.69, 9.17) is 0 Å². The molecule has 1 amide bonds. The number of benzene rings is 1. The molecule has 10 rings (SSSR count). The third-order valence-electron chi connectivity index (χ3n) is 15.5. The van der Waals surface area contributed by atoms with E-state index in [2.05, 4.69) is 66.2 Å². The van der Waals surface area contributed by atoms with E-state index in [1.165, 1.54) is 0 Å². The van der Waals surface area contributed by atoms with Crippen LogP contribution in [-0.4, -0.2) is 70.4 Å². The van der Waals surface area contributed by atoms with E-state index in [0.29, 0.717) is 25.6 Å². The minimum absolute atomic E-state index is 0.0359. The van der Waals surface area contributed by atoms with E-state index in [1.807, 2.05) is 30.3 Å². The number of allylic oxidation sites excluding steroid dienone is 4. The van der Waals surface area contributed by atoms with Crippen molar-refractivity contribution in [3.8, 4) is 0 Å². The molecule has 2 aliphatic heterocycles. The molecule has 2 bridgehead atoms. The van der Waals surface area contributed by atoms with Crippen LogP contribution in [0.25, 0.3) is 0 Å². The molecule has 49 heavy (non-hydrogen) atoms. The largest absolute Gasteiger partial charge is 0.393 e. The van der Waals surface area contributed by atoms with Gasteiger partial charge in [0.05, 0.1) is 23.3 Å². The number of aliphatic hydroxyl groups excluding tert-OH is 1. The number of thiophene rings is 1. The molecule has 3 saturated carbocycles. The Morgan fingerprint density at radius 1 is 0.939 bits per heavy atom. The molecule has 7 nitrogen and oxygen atoms in total. The van der Waals surface area contributed by atoms with E-state index < -0.39 is 16.6 Å². The number of piperidine rings is 1. The minimum Gasteiger partial charge on any atom is -0.393 e. The number of carbonyl (C=O) groups is 2. The molecule has 3 N–H and O–H groups in total. The number of carbonyl (C=O) groups excluding carboxylic acids is 2. The molecule has 8 aliphatic rings. The number of anilines is 1. The highest BCUT2D eigenvalue weighted by molar-refractivity contribution is 7.14. The summed E-state index contributed by atoms with van der Waals surface area (Å²) in [7, 11) is 0. The quantitative estimate of drug-likeness (QED) is 0.255. The van der Waals surface area contributed by atoms with Gasteiger partial charge in [0.15, 0.2) is 5.78 Å². The van der Waals surface area contributed by atoms with Crippen LogP contribution >= 0.6 is 11.3 Å². The lowest BCUT2D eigenvalue weighted by atomic mass is 9.32. The first-order valence-corrected chi connectivity index (χ1v) is 19.5. The maximum atomic E-state index is 14.7. The summed E-state index contributed by atoms with van der Waals surface area (Å²) in [4.78, 5) is 34.7. The molecule has 3 spiro atoms. The predicted octanol–water partition coefficient (Wildman–Crippen LogP) is 6.26. The monoisotopic (exact) mass is 681 g/mol. The Morgan fingerprint density at radius 3 is 2.39 bits per heavy atom. The zero-order valence-corrected chi connectivity index (χ0v) is 30.0.